The second-order valence-electron chi connectivity index (χ2n) is 5.27. The Morgan fingerprint density at radius 2 is 1.78 bits per heavy atom. The highest BCUT2D eigenvalue weighted by molar-refractivity contribution is 6.31. The monoisotopic (exact) mass is 383 g/mol. The molecule has 7 heteroatoms. The number of nitrogens with one attached hydrogen (secondary N) is 1. The minimum atomic E-state index is -0.0117. The van der Waals surface area contributed by atoms with E-state index in [1.807, 2.05) is 31.0 Å². The predicted molar refractivity (Wildman–Crippen MR) is 105 cm³/mol. The summed E-state index contributed by atoms with van der Waals surface area (Å²) in [5, 5.41) is 3.55. The van der Waals surface area contributed by atoms with Crippen molar-refractivity contribution in [1.29, 1.82) is 0 Å². The van der Waals surface area contributed by atoms with Gasteiger partial charge < -0.3 is 10.2 Å². The van der Waals surface area contributed by atoms with Crippen LogP contribution in [0, 0.1) is 6.92 Å². The third kappa shape index (κ3) is 9.38. The Hall–Kier alpha value is -0.520. The van der Waals surface area contributed by atoms with Crippen molar-refractivity contribution in [2.45, 2.75) is 20.8 Å². The summed E-state index contributed by atoms with van der Waals surface area (Å²) in [7, 11) is 1.97. The molecule has 4 nitrogen and oxygen atoms in total. The highest BCUT2D eigenvalue weighted by Crippen LogP contribution is 2.19. The zero-order valence-corrected chi connectivity index (χ0v) is 16.7. The number of aryl methyl sites for hydroxylation is 1. The second kappa shape index (κ2) is 12.8. The molecule has 0 aromatic heterocycles. The molecule has 0 aliphatic rings. The molecule has 0 fully saturated rings. The number of benzene rings is 1. The third-order valence-electron chi connectivity index (χ3n) is 3.58. The van der Waals surface area contributed by atoms with E-state index in [1.165, 1.54) is 0 Å². The molecule has 0 atom stereocenters. The second-order valence-corrected chi connectivity index (χ2v) is 5.71. The van der Waals surface area contributed by atoms with Crippen molar-refractivity contribution in [3.05, 3.63) is 28.8 Å². The van der Waals surface area contributed by atoms with Crippen LogP contribution in [0.1, 0.15) is 19.4 Å². The first-order valence-electron chi connectivity index (χ1n) is 7.43. The lowest BCUT2D eigenvalue weighted by atomic mass is 10.2. The molecule has 0 heterocycles. The molecular formula is C16H28Cl3N3O. The molecule has 0 unspecified atom stereocenters. The van der Waals surface area contributed by atoms with E-state index in [2.05, 4.69) is 24.1 Å². The minimum absolute atomic E-state index is 0. The molecule has 0 aliphatic heterocycles. The first-order chi connectivity index (χ1) is 9.96. The Bertz CT molecular complexity index is 468. The summed E-state index contributed by atoms with van der Waals surface area (Å²) in [6, 6.07) is 5.51. The average molecular weight is 385 g/mol. The number of hydrogen-bond acceptors (Lipinski definition) is 3. The number of carbonyl (C=O) groups excluding carboxylic acids is 1. The Morgan fingerprint density at radius 1 is 1.17 bits per heavy atom. The van der Waals surface area contributed by atoms with Crippen LogP contribution in [0.15, 0.2) is 18.2 Å². The van der Waals surface area contributed by atoms with E-state index in [9.17, 15) is 4.79 Å². The molecule has 0 spiro atoms. The maximum absolute atomic E-state index is 12.1. The van der Waals surface area contributed by atoms with E-state index in [0.717, 1.165) is 37.4 Å². The van der Waals surface area contributed by atoms with Gasteiger partial charge in [-0.3, -0.25) is 9.69 Å². The first-order valence-corrected chi connectivity index (χ1v) is 7.81. The van der Waals surface area contributed by atoms with Crippen LogP contribution in [-0.4, -0.2) is 55.5 Å². The summed E-state index contributed by atoms with van der Waals surface area (Å²) in [4.78, 5) is 16.4. The molecule has 0 bridgehead atoms. The standard InChI is InChI=1S/C16H26ClN3O.2ClH/c1-5-20(6-2)10-9-19(4)12-16(21)18-15-11-14(17)8-7-13(15)3;;/h7-8,11H,5-6,9-10,12H2,1-4H3,(H,18,21);2*1H. The van der Waals surface area contributed by atoms with Gasteiger partial charge in [-0.05, 0) is 44.8 Å². The molecule has 0 saturated heterocycles. The number of halogens is 3. The quantitative estimate of drug-likeness (QED) is 0.742. The predicted octanol–water partition coefficient (Wildman–Crippen LogP) is 3.70. The molecule has 134 valence electrons. The van der Waals surface area contributed by atoms with Crippen LogP contribution in [0.4, 0.5) is 5.69 Å². The van der Waals surface area contributed by atoms with Crippen LogP contribution >= 0.6 is 36.4 Å². The summed E-state index contributed by atoms with van der Waals surface area (Å²) in [5.74, 6) is -0.0117. The lowest BCUT2D eigenvalue weighted by Gasteiger charge is -2.22. The molecule has 1 aromatic carbocycles. The first kappa shape index (κ1) is 24.7. The summed E-state index contributed by atoms with van der Waals surface area (Å²) in [6.45, 7) is 10.6. The van der Waals surface area contributed by atoms with Crippen LogP contribution < -0.4 is 5.32 Å². The van der Waals surface area contributed by atoms with Crippen molar-refractivity contribution in [1.82, 2.24) is 9.80 Å². The molecule has 0 aliphatic carbocycles. The van der Waals surface area contributed by atoms with Crippen LogP contribution in [0.2, 0.25) is 5.02 Å². The Morgan fingerprint density at radius 3 is 2.35 bits per heavy atom. The van der Waals surface area contributed by atoms with Gasteiger partial charge in [-0.2, -0.15) is 0 Å². The van der Waals surface area contributed by atoms with Gasteiger partial charge in [-0.15, -0.1) is 24.8 Å². The van der Waals surface area contributed by atoms with Gasteiger partial charge >= 0.3 is 0 Å². The topological polar surface area (TPSA) is 35.6 Å². The van der Waals surface area contributed by atoms with Crippen molar-refractivity contribution in [3.63, 3.8) is 0 Å². The number of amides is 1. The smallest absolute Gasteiger partial charge is 0.238 e. The summed E-state index contributed by atoms with van der Waals surface area (Å²) >= 11 is 5.96. The maximum atomic E-state index is 12.1. The van der Waals surface area contributed by atoms with Gasteiger partial charge in [0.25, 0.3) is 0 Å². The normalized spacial score (nSPS) is 10.2. The Balaban J connectivity index is 0. The van der Waals surface area contributed by atoms with Crippen molar-refractivity contribution < 1.29 is 4.79 Å². The van der Waals surface area contributed by atoms with Crippen molar-refractivity contribution in [2.24, 2.45) is 0 Å². The molecule has 1 amide bonds. The van der Waals surface area contributed by atoms with Gasteiger partial charge in [0.15, 0.2) is 0 Å². The third-order valence-corrected chi connectivity index (χ3v) is 3.81. The van der Waals surface area contributed by atoms with Gasteiger partial charge in [0.2, 0.25) is 5.91 Å². The lowest BCUT2D eigenvalue weighted by molar-refractivity contribution is -0.117. The van der Waals surface area contributed by atoms with Crippen molar-refractivity contribution in [2.75, 3.05) is 45.1 Å². The number of nitrogens with zero attached hydrogens (tertiary/aromatic N) is 2. The van der Waals surface area contributed by atoms with E-state index < -0.39 is 0 Å². The van der Waals surface area contributed by atoms with Gasteiger partial charge in [0, 0.05) is 23.8 Å². The molecule has 1 N–H and O–H groups in total. The van der Waals surface area contributed by atoms with E-state index >= 15 is 0 Å². The fourth-order valence-corrected chi connectivity index (χ4v) is 2.27. The van der Waals surface area contributed by atoms with Crippen LogP contribution in [-0.2, 0) is 4.79 Å². The highest BCUT2D eigenvalue weighted by atomic mass is 35.5. The highest BCUT2D eigenvalue weighted by Gasteiger charge is 2.09. The van der Waals surface area contributed by atoms with Gasteiger partial charge in [0.1, 0.15) is 0 Å². The van der Waals surface area contributed by atoms with E-state index in [4.69, 9.17) is 11.6 Å². The number of anilines is 1. The number of carbonyl (C=O) groups is 1. The largest absolute Gasteiger partial charge is 0.325 e. The van der Waals surface area contributed by atoms with Gasteiger partial charge in [-0.25, -0.2) is 0 Å². The SMILES string of the molecule is CCN(CC)CCN(C)CC(=O)Nc1cc(Cl)ccc1C.Cl.Cl. The average Bonchev–Trinajstić information content (AvgIpc) is 2.44. The number of likely N-dealkylation sites (N-methyl/N-ethyl adjacent to an activating group) is 2. The Labute approximate surface area is 157 Å². The molecule has 1 rings (SSSR count). The van der Waals surface area contributed by atoms with Crippen LogP contribution in [0.25, 0.3) is 0 Å². The van der Waals surface area contributed by atoms with Gasteiger partial charge in [-0.1, -0.05) is 31.5 Å². The molecule has 0 saturated carbocycles. The fraction of sp³-hybridized carbons (Fsp3) is 0.562. The molecule has 1 aromatic rings. The summed E-state index contributed by atoms with van der Waals surface area (Å²) in [6.07, 6.45) is 0. The maximum Gasteiger partial charge on any atom is 0.238 e. The van der Waals surface area contributed by atoms with E-state index in [-0.39, 0.29) is 30.7 Å². The lowest BCUT2D eigenvalue weighted by Crippen LogP contribution is -2.37. The number of rotatable bonds is 8. The van der Waals surface area contributed by atoms with E-state index in [0.29, 0.717) is 11.6 Å². The molecule has 23 heavy (non-hydrogen) atoms. The van der Waals surface area contributed by atoms with Crippen LogP contribution in [0.3, 0.4) is 0 Å². The zero-order chi connectivity index (χ0) is 15.8. The summed E-state index contributed by atoms with van der Waals surface area (Å²) in [5.41, 5.74) is 1.79. The molecular weight excluding hydrogens is 357 g/mol. The van der Waals surface area contributed by atoms with Crippen molar-refractivity contribution in [3.8, 4) is 0 Å². The fourth-order valence-electron chi connectivity index (χ4n) is 2.09. The Kier molecular flexibility index (Phi) is 13.8. The van der Waals surface area contributed by atoms with E-state index in [1.54, 1.807) is 6.07 Å². The van der Waals surface area contributed by atoms with Crippen molar-refractivity contribution >= 4 is 48.0 Å². The van der Waals surface area contributed by atoms with Gasteiger partial charge in [0.05, 0.1) is 6.54 Å². The molecule has 0 radical (unpaired) electrons. The zero-order valence-electron chi connectivity index (χ0n) is 14.3. The van der Waals surface area contributed by atoms with Crippen LogP contribution in [0.5, 0.6) is 0 Å². The summed E-state index contributed by atoms with van der Waals surface area (Å²) < 4.78 is 0. The number of hydrogen-bond donors (Lipinski definition) is 1. The minimum Gasteiger partial charge on any atom is -0.325 e.